The number of hydrogen-bond donors (Lipinski definition) is 0. The highest BCUT2D eigenvalue weighted by molar-refractivity contribution is 5.07. The van der Waals surface area contributed by atoms with E-state index in [9.17, 15) is 0 Å². The molecule has 2 nitrogen and oxygen atoms in total. The largest absolute Gasteiger partial charge is 0.302 e. The summed E-state index contributed by atoms with van der Waals surface area (Å²) in [4.78, 5) is 5.46. The first kappa shape index (κ1) is 17.3. The maximum atomic E-state index is 2.80. The van der Waals surface area contributed by atoms with Crippen molar-refractivity contribution in [1.29, 1.82) is 0 Å². The van der Waals surface area contributed by atoms with E-state index in [1.165, 1.54) is 45.6 Å². The Hall–Kier alpha value is -0.0800. The predicted molar refractivity (Wildman–Crippen MR) is 102 cm³/mol. The van der Waals surface area contributed by atoms with E-state index >= 15 is 0 Å². The Bertz CT molecular complexity index is 415. The molecule has 0 aromatic rings. The molecule has 4 rings (SSSR count). The van der Waals surface area contributed by atoms with E-state index < -0.39 is 0 Å². The Kier molecular flexibility index (Phi) is 4.75. The van der Waals surface area contributed by atoms with Gasteiger partial charge in [0.05, 0.1) is 0 Å². The minimum Gasteiger partial charge on any atom is -0.302 e. The number of nitrogens with zero attached hydrogens (tertiary/aromatic N) is 2. The van der Waals surface area contributed by atoms with Crippen LogP contribution in [0.4, 0.5) is 0 Å². The Labute approximate surface area is 150 Å². The van der Waals surface area contributed by atoms with E-state index in [4.69, 9.17) is 0 Å². The van der Waals surface area contributed by atoms with Crippen LogP contribution in [0.25, 0.3) is 0 Å². The zero-order valence-corrected chi connectivity index (χ0v) is 16.6. The smallest absolute Gasteiger partial charge is 0.00508 e. The molecule has 2 aliphatic carbocycles. The Balaban J connectivity index is 1.12. The molecule has 2 saturated carbocycles. The lowest BCUT2D eigenvalue weighted by atomic mass is 9.50. The van der Waals surface area contributed by atoms with Crippen molar-refractivity contribution in [2.24, 2.45) is 35.0 Å². The zero-order chi connectivity index (χ0) is 16.9. The van der Waals surface area contributed by atoms with Crippen LogP contribution >= 0.6 is 0 Å². The summed E-state index contributed by atoms with van der Waals surface area (Å²) in [5.41, 5.74) is 0.784. The van der Waals surface area contributed by atoms with E-state index in [1.807, 2.05) is 0 Å². The van der Waals surface area contributed by atoms with Gasteiger partial charge in [-0.15, -0.1) is 0 Å². The molecule has 4 aliphatic rings. The lowest BCUT2D eigenvalue weighted by Gasteiger charge is -2.63. The first-order chi connectivity index (χ1) is 11.4. The second kappa shape index (κ2) is 6.58. The van der Waals surface area contributed by atoms with Crippen LogP contribution in [0.15, 0.2) is 0 Å². The van der Waals surface area contributed by atoms with Gasteiger partial charge in [0.1, 0.15) is 0 Å². The summed E-state index contributed by atoms with van der Waals surface area (Å²) in [6.45, 7) is 16.5. The molecule has 0 aromatic carbocycles. The third-order valence-corrected chi connectivity index (χ3v) is 8.22. The van der Waals surface area contributed by atoms with Crippen molar-refractivity contribution < 1.29 is 0 Å². The van der Waals surface area contributed by atoms with Crippen molar-refractivity contribution in [3.63, 3.8) is 0 Å². The second-order valence-corrected chi connectivity index (χ2v) is 10.6. The van der Waals surface area contributed by atoms with Crippen LogP contribution in [0, 0.1) is 35.0 Å². The van der Waals surface area contributed by atoms with Gasteiger partial charge in [0.25, 0.3) is 0 Å². The van der Waals surface area contributed by atoms with Crippen molar-refractivity contribution >= 4 is 0 Å². The molecule has 0 unspecified atom stereocenters. The zero-order valence-electron chi connectivity index (χ0n) is 16.6. The molecule has 2 aliphatic heterocycles. The maximum Gasteiger partial charge on any atom is 0.00508 e. The molecule has 24 heavy (non-hydrogen) atoms. The average Bonchev–Trinajstić information content (AvgIpc) is 2.40. The van der Waals surface area contributed by atoms with Crippen LogP contribution in [0.2, 0.25) is 0 Å². The quantitative estimate of drug-likeness (QED) is 0.731. The molecular formula is C22H40N2. The van der Waals surface area contributed by atoms with Crippen molar-refractivity contribution in [2.75, 3.05) is 32.7 Å². The Morgan fingerprint density at radius 1 is 0.917 bits per heavy atom. The van der Waals surface area contributed by atoms with E-state index in [0.717, 1.165) is 41.0 Å². The van der Waals surface area contributed by atoms with Crippen LogP contribution in [-0.4, -0.2) is 48.6 Å². The van der Waals surface area contributed by atoms with Gasteiger partial charge in [-0.25, -0.2) is 0 Å². The third kappa shape index (κ3) is 3.30. The number of rotatable bonds is 5. The van der Waals surface area contributed by atoms with E-state index in [0.29, 0.717) is 0 Å². The van der Waals surface area contributed by atoms with E-state index in [2.05, 4.69) is 37.5 Å². The van der Waals surface area contributed by atoms with E-state index in [1.54, 1.807) is 25.7 Å². The molecule has 0 N–H and O–H groups in total. The minimum absolute atomic E-state index is 0.743. The summed E-state index contributed by atoms with van der Waals surface area (Å²) in [7, 11) is 0. The van der Waals surface area contributed by atoms with Crippen molar-refractivity contribution in [1.82, 2.24) is 9.80 Å². The molecule has 0 radical (unpaired) electrons. The monoisotopic (exact) mass is 332 g/mol. The van der Waals surface area contributed by atoms with Gasteiger partial charge < -0.3 is 9.80 Å². The molecular weight excluding hydrogens is 292 g/mol. The van der Waals surface area contributed by atoms with Crippen LogP contribution in [-0.2, 0) is 0 Å². The lowest BCUT2D eigenvalue weighted by molar-refractivity contribution is -0.132. The first-order valence-corrected chi connectivity index (χ1v) is 10.9. The Morgan fingerprint density at radius 3 is 2.08 bits per heavy atom. The topological polar surface area (TPSA) is 6.48 Å². The fourth-order valence-electron chi connectivity index (χ4n) is 6.33. The summed E-state index contributed by atoms with van der Waals surface area (Å²) >= 11 is 0. The van der Waals surface area contributed by atoms with Gasteiger partial charge in [0.15, 0.2) is 0 Å². The second-order valence-electron chi connectivity index (χ2n) is 10.6. The third-order valence-electron chi connectivity index (χ3n) is 8.22. The van der Waals surface area contributed by atoms with Gasteiger partial charge in [0, 0.05) is 25.7 Å². The highest BCUT2D eigenvalue weighted by Gasteiger charge is 2.55. The van der Waals surface area contributed by atoms with Gasteiger partial charge in [0.2, 0.25) is 0 Å². The molecule has 2 saturated heterocycles. The van der Waals surface area contributed by atoms with Crippen molar-refractivity contribution in [3.8, 4) is 0 Å². The maximum absolute atomic E-state index is 2.80. The normalized spacial score (nSPS) is 35.2. The average molecular weight is 333 g/mol. The molecule has 0 amide bonds. The molecule has 2 heteroatoms. The fraction of sp³-hybridized carbons (Fsp3) is 1.00. The van der Waals surface area contributed by atoms with Crippen molar-refractivity contribution in [2.45, 2.75) is 72.3 Å². The molecule has 138 valence electrons. The summed E-state index contributed by atoms with van der Waals surface area (Å²) < 4.78 is 0. The van der Waals surface area contributed by atoms with Crippen molar-refractivity contribution in [3.05, 3.63) is 0 Å². The number of piperidine rings is 1. The van der Waals surface area contributed by atoms with Gasteiger partial charge in [-0.1, -0.05) is 13.8 Å². The molecule has 2 heterocycles. The number of likely N-dealkylation sites (tertiary alicyclic amines) is 2. The predicted octanol–water partition coefficient (Wildman–Crippen LogP) is 4.50. The van der Waals surface area contributed by atoms with Crippen LogP contribution in [0.1, 0.15) is 66.2 Å². The lowest BCUT2D eigenvalue weighted by Crippen LogP contribution is -2.64. The highest BCUT2D eigenvalue weighted by atomic mass is 15.2. The summed E-state index contributed by atoms with van der Waals surface area (Å²) in [5.74, 6) is 5.18. The molecule has 0 bridgehead atoms. The summed E-state index contributed by atoms with van der Waals surface area (Å²) in [6, 6.07) is 0.743. The first-order valence-electron chi connectivity index (χ1n) is 10.9. The highest BCUT2D eigenvalue weighted by Crippen LogP contribution is 2.59. The van der Waals surface area contributed by atoms with Gasteiger partial charge in [-0.2, -0.15) is 0 Å². The van der Waals surface area contributed by atoms with Gasteiger partial charge in [-0.05, 0) is 100 Å². The van der Waals surface area contributed by atoms with Crippen LogP contribution < -0.4 is 0 Å². The number of hydrogen-bond acceptors (Lipinski definition) is 2. The Morgan fingerprint density at radius 2 is 1.54 bits per heavy atom. The molecule has 1 spiro atoms. The van der Waals surface area contributed by atoms with Crippen LogP contribution in [0.3, 0.4) is 0 Å². The summed E-state index contributed by atoms with van der Waals surface area (Å²) in [6.07, 6.45) is 9.12. The van der Waals surface area contributed by atoms with Gasteiger partial charge >= 0.3 is 0 Å². The standard InChI is InChI=1S/C22H40N2/c1-16(2)19-9-20(10-19)21-11-22(12-21)14-23(15-22)13-18-5-7-24(8-6-18)17(3)4/h16-21H,5-15H2,1-4H3. The minimum atomic E-state index is 0.743. The molecule has 0 atom stereocenters. The van der Waals surface area contributed by atoms with Crippen LogP contribution in [0.5, 0.6) is 0 Å². The van der Waals surface area contributed by atoms with E-state index in [-0.39, 0.29) is 0 Å². The summed E-state index contributed by atoms with van der Waals surface area (Å²) in [5, 5.41) is 0. The molecule has 4 fully saturated rings. The molecule has 0 aromatic heterocycles. The van der Waals surface area contributed by atoms with Gasteiger partial charge in [-0.3, -0.25) is 0 Å². The SMILES string of the molecule is CC(C)C1CC(C2CC3(C2)CN(CC2CCN(C(C)C)CC2)C3)C1. The fourth-order valence-corrected chi connectivity index (χ4v) is 6.33.